The lowest BCUT2D eigenvalue weighted by molar-refractivity contribution is 0.175. The number of nitrogens with zero attached hydrogens (tertiary/aromatic N) is 1. The molecule has 1 aromatic carbocycles. The van der Waals surface area contributed by atoms with Crippen LogP contribution < -0.4 is 5.32 Å². The number of pyridine rings is 1. The van der Waals surface area contributed by atoms with E-state index >= 15 is 0 Å². The van der Waals surface area contributed by atoms with E-state index in [2.05, 4.69) is 60.7 Å². The van der Waals surface area contributed by atoms with Crippen molar-refractivity contribution in [2.24, 2.45) is 0 Å². The molecule has 1 unspecified atom stereocenters. The number of likely N-dealkylation sites (N-methyl/N-ethyl adjacent to an activating group) is 1. The van der Waals surface area contributed by atoms with E-state index in [9.17, 15) is 0 Å². The second kappa shape index (κ2) is 5.37. The Hall–Kier alpha value is -1.67. The zero-order chi connectivity index (χ0) is 14.0. The molecule has 20 heavy (non-hydrogen) atoms. The third kappa shape index (κ3) is 2.14. The lowest BCUT2D eigenvalue weighted by Gasteiger charge is -2.48. The lowest BCUT2D eigenvalue weighted by atomic mass is 9.59. The maximum Gasteiger partial charge on any atom is 0.0431 e. The van der Waals surface area contributed by atoms with Crippen LogP contribution in [0.3, 0.4) is 0 Å². The molecule has 1 aliphatic carbocycles. The molecule has 1 heterocycles. The fraction of sp³-hybridized carbons (Fsp3) is 0.389. The lowest BCUT2D eigenvalue weighted by Crippen LogP contribution is -2.45. The van der Waals surface area contributed by atoms with Crippen LogP contribution in [0, 0.1) is 6.92 Å². The van der Waals surface area contributed by atoms with Crippen LogP contribution >= 0.6 is 0 Å². The Labute approximate surface area is 121 Å². The van der Waals surface area contributed by atoms with Crippen LogP contribution in [0.25, 0.3) is 0 Å². The molecule has 1 N–H and O–H groups in total. The number of hydrogen-bond acceptors (Lipinski definition) is 2. The van der Waals surface area contributed by atoms with Crippen molar-refractivity contribution in [3.05, 3.63) is 65.5 Å². The largest absolute Gasteiger partial charge is 0.312 e. The Morgan fingerprint density at radius 1 is 1.15 bits per heavy atom. The summed E-state index contributed by atoms with van der Waals surface area (Å²) in [6.45, 7) is 2.11. The van der Waals surface area contributed by atoms with E-state index in [1.807, 2.05) is 12.4 Å². The molecule has 0 saturated heterocycles. The summed E-state index contributed by atoms with van der Waals surface area (Å²) in [5.74, 6) is 0. The monoisotopic (exact) mass is 266 g/mol. The van der Waals surface area contributed by atoms with E-state index in [-0.39, 0.29) is 5.41 Å². The molecular formula is C18H22N2. The van der Waals surface area contributed by atoms with Gasteiger partial charge >= 0.3 is 0 Å². The van der Waals surface area contributed by atoms with Gasteiger partial charge in [0, 0.05) is 23.9 Å². The minimum Gasteiger partial charge on any atom is -0.312 e. The highest BCUT2D eigenvalue weighted by atomic mass is 14.9. The van der Waals surface area contributed by atoms with Crippen molar-refractivity contribution in [1.82, 2.24) is 10.3 Å². The van der Waals surface area contributed by atoms with Gasteiger partial charge in [0.05, 0.1) is 0 Å². The molecule has 0 aliphatic heterocycles. The second-order valence-electron chi connectivity index (χ2n) is 5.89. The summed E-state index contributed by atoms with van der Waals surface area (Å²) in [4.78, 5) is 4.38. The van der Waals surface area contributed by atoms with Gasteiger partial charge in [-0.25, -0.2) is 0 Å². The average Bonchev–Trinajstić information content (AvgIpc) is 2.43. The van der Waals surface area contributed by atoms with Gasteiger partial charge in [0.1, 0.15) is 0 Å². The molecule has 0 radical (unpaired) electrons. The quantitative estimate of drug-likeness (QED) is 0.911. The van der Waals surface area contributed by atoms with Crippen molar-refractivity contribution in [2.75, 3.05) is 7.05 Å². The van der Waals surface area contributed by atoms with Crippen LogP contribution in [0.2, 0.25) is 0 Å². The number of rotatable bonds is 4. The number of benzene rings is 1. The van der Waals surface area contributed by atoms with Crippen LogP contribution in [0.1, 0.15) is 42.0 Å². The SMILES string of the molecule is CNC(c1cncc(C)c1)C1(c2ccccc2)CCC1. The number of aromatic nitrogens is 1. The van der Waals surface area contributed by atoms with Crippen molar-refractivity contribution in [3.63, 3.8) is 0 Å². The van der Waals surface area contributed by atoms with E-state index in [4.69, 9.17) is 0 Å². The predicted molar refractivity (Wildman–Crippen MR) is 82.7 cm³/mol. The van der Waals surface area contributed by atoms with E-state index in [0.717, 1.165) is 0 Å². The number of hydrogen-bond donors (Lipinski definition) is 1. The maximum atomic E-state index is 4.38. The van der Waals surface area contributed by atoms with E-state index in [0.29, 0.717) is 6.04 Å². The van der Waals surface area contributed by atoms with Gasteiger partial charge in [0.25, 0.3) is 0 Å². The molecule has 2 heteroatoms. The first-order valence-electron chi connectivity index (χ1n) is 7.40. The molecule has 0 amide bonds. The van der Waals surface area contributed by atoms with Gasteiger partial charge in [0.2, 0.25) is 0 Å². The van der Waals surface area contributed by atoms with Gasteiger partial charge in [-0.3, -0.25) is 4.98 Å². The molecule has 1 atom stereocenters. The molecule has 1 fully saturated rings. The average molecular weight is 266 g/mol. The van der Waals surface area contributed by atoms with Crippen LogP contribution in [0.15, 0.2) is 48.8 Å². The summed E-state index contributed by atoms with van der Waals surface area (Å²) < 4.78 is 0. The van der Waals surface area contributed by atoms with E-state index < -0.39 is 0 Å². The highest BCUT2D eigenvalue weighted by Gasteiger charge is 2.45. The first-order chi connectivity index (χ1) is 9.76. The van der Waals surface area contributed by atoms with Crippen LogP contribution in [-0.4, -0.2) is 12.0 Å². The molecule has 104 valence electrons. The minimum absolute atomic E-state index is 0.228. The normalized spacial score (nSPS) is 18.3. The Kier molecular flexibility index (Phi) is 3.58. The van der Waals surface area contributed by atoms with Gasteiger partial charge in [-0.2, -0.15) is 0 Å². The Balaban J connectivity index is 2.03. The molecular weight excluding hydrogens is 244 g/mol. The van der Waals surface area contributed by atoms with Gasteiger partial charge in [-0.15, -0.1) is 0 Å². The Morgan fingerprint density at radius 2 is 1.90 bits per heavy atom. The van der Waals surface area contributed by atoms with Gasteiger partial charge in [-0.1, -0.05) is 42.8 Å². The molecule has 1 saturated carbocycles. The molecule has 1 aliphatic rings. The van der Waals surface area contributed by atoms with Crippen LogP contribution in [0.4, 0.5) is 0 Å². The first kappa shape index (κ1) is 13.3. The molecule has 3 rings (SSSR count). The topological polar surface area (TPSA) is 24.9 Å². The number of nitrogens with one attached hydrogen (secondary N) is 1. The third-order valence-corrected chi connectivity index (χ3v) is 4.67. The van der Waals surface area contributed by atoms with Crippen LogP contribution in [-0.2, 0) is 5.41 Å². The van der Waals surface area contributed by atoms with Crippen molar-refractivity contribution in [1.29, 1.82) is 0 Å². The molecule has 1 aromatic heterocycles. The summed E-state index contributed by atoms with van der Waals surface area (Å²) in [5.41, 5.74) is 4.21. The molecule has 0 spiro atoms. The predicted octanol–water partition coefficient (Wildman–Crippen LogP) is 3.77. The van der Waals surface area contributed by atoms with Gasteiger partial charge < -0.3 is 5.32 Å². The standard InChI is InChI=1S/C18H22N2/c1-14-11-15(13-20-12-14)17(19-2)18(9-6-10-18)16-7-4-3-5-8-16/h3-5,7-8,11-13,17,19H,6,9-10H2,1-2H3. The maximum absolute atomic E-state index is 4.38. The summed E-state index contributed by atoms with van der Waals surface area (Å²) in [5, 5.41) is 3.55. The van der Waals surface area contributed by atoms with Gasteiger partial charge in [0.15, 0.2) is 0 Å². The molecule has 2 nitrogen and oxygen atoms in total. The Morgan fingerprint density at radius 3 is 2.45 bits per heavy atom. The van der Waals surface area contributed by atoms with E-state index in [1.54, 1.807) is 0 Å². The summed E-state index contributed by atoms with van der Waals surface area (Å²) in [6, 6.07) is 13.5. The third-order valence-electron chi connectivity index (χ3n) is 4.67. The second-order valence-corrected chi connectivity index (χ2v) is 5.89. The molecule has 0 bridgehead atoms. The highest BCUT2D eigenvalue weighted by Crippen LogP contribution is 2.51. The van der Waals surface area contributed by atoms with Crippen molar-refractivity contribution >= 4 is 0 Å². The highest BCUT2D eigenvalue weighted by molar-refractivity contribution is 5.35. The Bertz CT molecular complexity index is 573. The van der Waals surface area contributed by atoms with Crippen molar-refractivity contribution in [2.45, 2.75) is 37.6 Å². The fourth-order valence-electron chi connectivity index (χ4n) is 3.57. The summed E-state index contributed by atoms with van der Waals surface area (Å²) >= 11 is 0. The summed E-state index contributed by atoms with van der Waals surface area (Å²) in [6.07, 6.45) is 7.74. The zero-order valence-electron chi connectivity index (χ0n) is 12.3. The van der Waals surface area contributed by atoms with Crippen molar-refractivity contribution in [3.8, 4) is 0 Å². The van der Waals surface area contributed by atoms with Crippen LogP contribution in [0.5, 0.6) is 0 Å². The van der Waals surface area contributed by atoms with Crippen molar-refractivity contribution < 1.29 is 0 Å². The minimum atomic E-state index is 0.228. The van der Waals surface area contributed by atoms with E-state index in [1.165, 1.54) is 36.0 Å². The number of aryl methyl sites for hydroxylation is 1. The van der Waals surface area contributed by atoms with Gasteiger partial charge in [-0.05, 0) is 43.5 Å². The zero-order valence-corrected chi connectivity index (χ0v) is 12.3. The first-order valence-corrected chi connectivity index (χ1v) is 7.40. The summed E-state index contributed by atoms with van der Waals surface area (Å²) in [7, 11) is 2.07. The molecule has 2 aromatic rings. The fourth-order valence-corrected chi connectivity index (χ4v) is 3.57. The smallest absolute Gasteiger partial charge is 0.0431 e.